The number of aromatic nitrogens is 5. The highest BCUT2D eigenvalue weighted by atomic mass is 32.1. The molecule has 30 heavy (non-hydrogen) atoms. The Bertz CT molecular complexity index is 1320. The standard InChI is InChI=1S/C22H20N6OS/c1-15-8-10-18(11-9-15)20-19(12-23-28-21(29)16(2)24-25-22(28)30)14-27(26-20)13-17-6-4-3-5-7-17/h3-12,14H,13H2,1-2H3,(H,25,30)/b23-12-. The summed E-state index contributed by atoms with van der Waals surface area (Å²) in [4.78, 5) is 12.3. The number of H-pyrrole nitrogens is 1. The maximum atomic E-state index is 12.3. The van der Waals surface area contributed by atoms with Crippen molar-refractivity contribution in [3.8, 4) is 11.3 Å². The van der Waals surface area contributed by atoms with E-state index in [0.29, 0.717) is 12.2 Å². The Kier molecular flexibility index (Phi) is 5.49. The van der Waals surface area contributed by atoms with Gasteiger partial charge in [0.2, 0.25) is 4.77 Å². The Labute approximate surface area is 178 Å². The molecule has 0 atom stereocenters. The Morgan fingerprint density at radius 3 is 2.57 bits per heavy atom. The van der Waals surface area contributed by atoms with Crippen LogP contribution in [0.2, 0.25) is 0 Å². The second-order valence-corrected chi connectivity index (χ2v) is 7.34. The van der Waals surface area contributed by atoms with Gasteiger partial charge >= 0.3 is 0 Å². The van der Waals surface area contributed by atoms with Gasteiger partial charge in [-0.3, -0.25) is 14.6 Å². The molecule has 0 spiro atoms. The molecule has 8 heteroatoms. The molecule has 0 amide bonds. The molecule has 2 aromatic carbocycles. The summed E-state index contributed by atoms with van der Waals surface area (Å²) < 4.78 is 3.13. The van der Waals surface area contributed by atoms with E-state index in [1.165, 1.54) is 5.56 Å². The lowest BCUT2D eigenvalue weighted by Crippen LogP contribution is -2.22. The van der Waals surface area contributed by atoms with E-state index < -0.39 is 0 Å². The van der Waals surface area contributed by atoms with Gasteiger partial charge in [0.25, 0.3) is 5.56 Å². The van der Waals surface area contributed by atoms with E-state index in [2.05, 4.69) is 27.4 Å². The fourth-order valence-electron chi connectivity index (χ4n) is 3.02. The van der Waals surface area contributed by atoms with E-state index >= 15 is 0 Å². The number of nitrogens with zero attached hydrogens (tertiary/aromatic N) is 5. The Hall–Kier alpha value is -3.65. The van der Waals surface area contributed by atoms with Crippen LogP contribution in [0.15, 0.2) is 70.7 Å². The van der Waals surface area contributed by atoms with E-state index in [4.69, 9.17) is 17.3 Å². The molecule has 150 valence electrons. The third-order valence-electron chi connectivity index (χ3n) is 4.63. The van der Waals surface area contributed by atoms with Crippen LogP contribution in [0.4, 0.5) is 0 Å². The molecule has 1 N–H and O–H groups in total. The van der Waals surface area contributed by atoms with Crippen molar-refractivity contribution >= 4 is 18.4 Å². The van der Waals surface area contributed by atoms with Crippen molar-refractivity contribution in [3.63, 3.8) is 0 Å². The molecule has 0 bridgehead atoms. The highest BCUT2D eigenvalue weighted by Gasteiger charge is 2.11. The third-order valence-corrected chi connectivity index (χ3v) is 4.89. The van der Waals surface area contributed by atoms with Crippen molar-refractivity contribution < 1.29 is 0 Å². The summed E-state index contributed by atoms with van der Waals surface area (Å²) >= 11 is 5.16. The number of hydrogen-bond donors (Lipinski definition) is 1. The minimum absolute atomic E-state index is 0.135. The van der Waals surface area contributed by atoms with Crippen molar-refractivity contribution in [2.24, 2.45) is 5.10 Å². The minimum Gasteiger partial charge on any atom is -0.267 e. The van der Waals surface area contributed by atoms with Gasteiger partial charge in [0.05, 0.1) is 12.8 Å². The van der Waals surface area contributed by atoms with E-state index in [0.717, 1.165) is 27.1 Å². The molecule has 0 aliphatic rings. The van der Waals surface area contributed by atoms with Crippen LogP contribution in [-0.4, -0.2) is 30.9 Å². The topological polar surface area (TPSA) is 80.9 Å². The van der Waals surface area contributed by atoms with Crippen molar-refractivity contribution in [3.05, 3.63) is 98.3 Å². The van der Waals surface area contributed by atoms with Crippen LogP contribution < -0.4 is 5.56 Å². The average molecular weight is 417 g/mol. The van der Waals surface area contributed by atoms with Crippen molar-refractivity contribution in [1.82, 2.24) is 24.7 Å². The van der Waals surface area contributed by atoms with Crippen molar-refractivity contribution in [1.29, 1.82) is 0 Å². The summed E-state index contributed by atoms with van der Waals surface area (Å²) in [6, 6.07) is 18.2. The minimum atomic E-state index is -0.358. The molecule has 2 heterocycles. The predicted octanol–water partition coefficient (Wildman–Crippen LogP) is 3.71. The van der Waals surface area contributed by atoms with Crippen LogP contribution in [0.3, 0.4) is 0 Å². The highest BCUT2D eigenvalue weighted by Crippen LogP contribution is 2.22. The Morgan fingerprint density at radius 1 is 1.10 bits per heavy atom. The number of aromatic amines is 1. The zero-order valence-electron chi connectivity index (χ0n) is 16.6. The highest BCUT2D eigenvalue weighted by molar-refractivity contribution is 7.71. The number of nitrogens with one attached hydrogen (secondary N) is 1. The maximum absolute atomic E-state index is 12.3. The quantitative estimate of drug-likeness (QED) is 0.397. The smallest absolute Gasteiger partial charge is 0.267 e. The van der Waals surface area contributed by atoms with Crippen LogP contribution in [0.25, 0.3) is 11.3 Å². The molecule has 7 nitrogen and oxygen atoms in total. The zero-order chi connectivity index (χ0) is 21.1. The molecule has 0 aliphatic carbocycles. The molecule has 4 rings (SSSR count). The van der Waals surface area contributed by atoms with Gasteiger partial charge in [-0.1, -0.05) is 60.2 Å². The lowest BCUT2D eigenvalue weighted by atomic mass is 10.1. The molecule has 0 radical (unpaired) electrons. The van der Waals surface area contributed by atoms with Crippen LogP contribution in [0.5, 0.6) is 0 Å². The van der Waals surface area contributed by atoms with Crippen LogP contribution in [0.1, 0.15) is 22.4 Å². The third kappa shape index (κ3) is 4.18. The molecule has 2 aromatic heterocycles. The Balaban J connectivity index is 1.77. The van der Waals surface area contributed by atoms with Crippen LogP contribution in [-0.2, 0) is 6.54 Å². The molecular formula is C22H20N6OS. The number of hydrogen-bond acceptors (Lipinski definition) is 5. The van der Waals surface area contributed by atoms with Gasteiger partial charge in [-0.05, 0) is 31.6 Å². The normalized spacial score (nSPS) is 11.3. The molecule has 4 aromatic rings. The molecule has 0 aliphatic heterocycles. The number of benzene rings is 2. The lowest BCUT2D eigenvalue weighted by Gasteiger charge is -2.02. The summed E-state index contributed by atoms with van der Waals surface area (Å²) in [7, 11) is 0. The Morgan fingerprint density at radius 2 is 1.83 bits per heavy atom. The number of aryl methyl sites for hydroxylation is 2. The summed E-state index contributed by atoms with van der Waals surface area (Å²) in [6.45, 7) is 4.27. The summed E-state index contributed by atoms with van der Waals surface area (Å²) in [5, 5.41) is 15.6. The molecule has 0 fully saturated rings. The van der Waals surface area contributed by atoms with Gasteiger partial charge in [0.1, 0.15) is 11.4 Å². The van der Waals surface area contributed by atoms with Gasteiger partial charge in [0.15, 0.2) is 0 Å². The van der Waals surface area contributed by atoms with Gasteiger partial charge < -0.3 is 0 Å². The van der Waals surface area contributed by atoms with Crippen molar-refractivity contribution in [2.45, 2.75) is 20.4 Å². The molecule has 0 unspecified atom stereocenters. The number of rotatable bonds is 5. The SMILES string of the molecule is Cc1ccc(-c2nn(Cc3ccccc3)cc2/C=N\n2c(=S)[nH]nc(C)c2=O)cc1. The van der Waals surface area contributed by atoms with Crippen LogP contribution in [0, 0.1) is 18.6 Å². The summed E-state index contributed by atoms with van der Waals surface area (Å²) in [6.07, 6.45) is 3.52. The average Bonchev–Trinajstić information content (AvgIpc) is 3.14. The van der Waals surface area contributed by atoms with E-state index in [1.807, 2.05) is 60.3 Å². The largest absolute Gasteiger partial charge is 0.296 e. The van der Waals surface area contributed by atoms with Gasteiger partial charge in [0, 0.05) is 17.3 Å². The van der Waals surface area contributed by atoms with E-state index in [9.17, 15) is 4.79 Å². The fraction of sp³-hybridized carbons (Fsp3) is 0.136. The summed E-state index contributed by atoms with van der Waals surface area (Å²) in [5.74, 6) is 0. The molecule has 0 saturated heterocycles. The second-order valence-electron chi connectivity index (χ2n) is 6.96. The van der Waals surface area contributed by atoms with E-state index in [-0.39, 0.29) is 10.3 Å². The first-order valence-electron chi connectivity index (χ1n) is 9.42. The van der Waals surface area contributed by atoms with Gasteiger partial charge in [-0.2, -0.15) is 20.0 Å². The molecular weight excluding hydrogens is 396 g/mol. The first kappa shape index (κ1) is 19.7. The lowest BCUT2D eigenvalue weighted by molar-refractivity contribution is 0.689. The van der Waals surface area contributed by atoms with Crippen molar-refractivity contribution in [2.75, 3.05) is 0 Å². The summed E-state index contributed by atoms with van der Waals surface area (Å²) in [5.41, 5.74) is 4.78. The van der Waals surface area contributed by atoms with E-state index in [1.54, 1.807) is 13.1 Å². The first-order valence-corrected chi connectivity index (χ1v) is 9.83. The van der Waals surface area contributed by atoms with Gasteiger partial charge in [-0.25, -0.2) is 0 Å². The predicted molar refractivity (Wildman–Crippen MR) is 119 cm³/mol. The first-order chi connectivity index (χ1) is 14.5. The monoisotopic (exact) mass is 416 g/mol. The van der Waals surface area contributed by atoms with Gasteiger partial charge in [-0.15, -0.1) is 0 Å². The second kappa shape index (κ2) is 8.38. The zero-order valence-corrected chi connectivity index (χ0v) is 17.4. The molecule has 0 saturated carbocycles. The maximum Gasteiger partial charge on any atom is 0.296 e. The fourth-order valence-corrected chi connectivity index (χ4v) is 3.19. The van der Waals surface area contributed by atoms with Crippen LogP contribution >= 0.6 is 12.2 Å².